The molecule has 0 fully saturated rings. The lowest BCUT2D eigenvalue weighted by molar-refractivity contribution is 0.377. The topological polar surface area (TPSA) is 25.2 Å². The van der Waals surface area contributed by atoms with Gasteiger partial charge in [0.25, 0.3) is 0 Å². The molecule has 0 spiro atoms. The monoisotopic (exact) mass is 300 g/mol. The molecule has 2 nitrogen and oxygen atoms in total. The second-order valence-corrected chi connectivity index (χ2v) is 4.39. The maximum Gasteiger partial charge on any atom is 0.200 e. The summed E-state index contributed by atoms with van der Waals surface area (Å²) in [5.74, 6) is -9.98. The number of aliphatic imine (C=N–C) groups is 1. The number of benzene rings is 1. The zero-order valence-corrected chi connectivity index (χ0v) is 11.0. The number of aromatic nitrogens is 1. The van der Waals surface area contributed by atoms with E-state index in [1.807, 2.05) is 0 Å². The van der Waals surface area contributed by atoms with Crippen LogP contribution in [0.4, 0.5) is 27.8 Å². The fourth-order valence-electron chi connectivity index (χ4n) is 1.75. The smallest absolute Gasteiger partial charge is 0.200 e. The molecule has 21 heavy (non-hydrogen) atoms. The molecule has 2 aromatic rings. The summed E-state index contributed by atoms with van der Waals surface area (Å²) < 4.78 is 65.8. The van der Waals surface area contributed by atoms with E-state index in [4.69, 9.17) is 0 Å². The third-order valence-electron chi connectivity index (χ3n) is 2.65. The van der Waals surface area contributed by atoms with Crippen molar-refractivity contribution in [3.63, 3.8) is 0 Å². The fourth-order valence-corrected chi connectivity index (χ4v) is 1.75. The van der Waals surface area contributed by atoms with Crippen LogP contribution in [0.2, 0.25) is 0 Å². The molecule has 0 aliphatic rings. The summed E-state index contributed by atoms with van der Waals surface area (Å²) in [4.78, 5) is 7.63. The van der Waals surface area contributed by atoms with Crippen molar-refractivity contribution in [1.29, 1.82) is 0 Å². The molecule has 0 saturated carbocycles. The molecule has 1 aromatic heterocycles. The van der Waals surface area contributed by atoms with E-state index in [9.17, 15) is 22.0 Å². The molecule has 1 aromatic carbocycles. The highest BCUT2D eigenvalue weighted by molar-refractivity contribution is 5.82. The van der Waals surface area contributed by atoms with Crippen LogP contribution < -0.4 is 0 Å². The molecule has 0 aliphatic heterocycles. The summed E-state index contributed by atoms with van der Waals surface area (Å²) >= 11 is 0. The summed E-state index contributed by atoms with van der Waals surface area (Å²) in [6.45, 7) is 3.44. The Kier molecular flexibility index (Phi) is 4.02. The Morgan fingerprint density at radius 1 is 0.857 bits per heavy atom. The SMILES string of the molecule is Cc1cc(C)nc(/N=C/c2c(F)c(F)c(F)c(F)c2F)c1. The Bertz CT molecular complexity index is 691. The first-order valence-corrected chi connectivity index (χ1v) is 5.82. The predicted octanol–water partition coefficient (Wildman–Crippen LogP) is 4.14. The molecule has 2 rings (SSSR count). The number of pyridine rings is 1. The average molecular weight is 300 g/mol. The van der Waals surface area contributed by atoms with E-state index in [2.05, 4.69) is 9.98 Å². The van der Waals surface area contributed by atoms with Gasteiger partial charge in [-0.25, -0.2) is 31.9 Å². The van der Waals surface area contributed by atoms with Crippen molar-refractivity contribution in [2.45, 2.75) is 13.8 Å². The van der Waals surface area contributed by atoms with Gasteiger partial charge < -0.3 is 0 Å². The van der Waals surface area contributed by atoms with E-state index >= 15 is 0 Å². The van der Waals surface area contributed by atoms with Gasteiger partial charge in [-0.05, 0) is 31.5 Å². The third-order valence-corrected chi connectivity index (χ3v) is 2.65. The van der Waals surface area contributed by atoms with Crippen molar-refractivity contribution in [1.82, 2.24) is 4.98 Å². The molecule has 1 heterocycles. The van der Waals surface area contributed by atoms with Gasteiger partial charge in [0.05, 0.1) is 5.56 Å². The highest BCUT2D eigenvalue weighted by atomic mass is 19.2. The number of nitrogens with zero attached hydrogens (tertiary/aromatic N) is 2. The van der Waals surface area contributed by atoms with Crippen molar-refractivity contribution < 1.29 is 22.0 Å². The van der Waals surface area contributed by atoms with Crippen LogP contribution in [0.3, 0.4) is 0 Å². The van der Waals surface area contributed by atoms with E-state index in [1.165, 1.54) is 6.07 Å². The largest absolute Gasteiger partial charge is 0.236 e. The second kappa shape index (κ2) is 5.59. The summed E-state index contributed by atoms with van der Waals surface area (Å²) in [5.41, 5.74) is 0.305. The van der Waals surface area contributed by atoms with E-state index in [0.29, 0.717) is 11.9 Å². The minimum Gasteiger partial charge on any atom is -0.236 e. The first kappa shape index (κ1) is 15.1. The number of rotatable bonds is 2. The first-order chi connectivity index (χ1) is 9.81. The van der Waals surface area contributed by atoms with Crippen LogP contribution in [-0.4, -0.2) is 11.2 Å². The van der Waals surface area contributed by atoms with Gasteiger partial charge in [-0.1, -0.05) is 0 Å². The summed E-state index contributed by atoms with van der Waals surface area (Å²) in [7, 11) is 0. The van der Waals surface area contributed by atoms with Crippen LogP contribution in [0.5, 0.6) is 0 Å². The van der Waals surface area contributed by atoms with Crippen LogP contribution >= 0.6 is 0 Å². The first-order valence-electron chi connectivity index (χ1n) is 5.82. The fraction of sp³-hybridized carbons (Fsp3) is 0.143. The molecule has 110 valence electrons. The Labute approximate surface area is 117 Å². The lowest BCUT2D eigenvalue weighted by Crippen LogP contribution is -2.06. The van der Waals surface area contributed by atoms with Gasteiger partial charge in [-0.2, -0.15) is 0 Å². The summed E-state index contributed by atoms with van der Waals surface area (Å²) in [5, 5.41) is 0. The Balaban J connectivity index is 2.51. The third kappa shape index (κ3) is 2.91. The minimum absolute atomic E-state index is 0.108. The van der Waals surface area contributed by atoms with Crippen LogP contribution in [0.25, 0.3) is 0 Å². The second-order valence-electron chi connectivity index (χ2n) is 4.39. The van der Waals surface area contributed by atoms with Crippen molar-refractivity contribution in [2.24, 2.45) is 4.99 Å². The zero-order valence-electron chi connectivity index (χ0n) is 11.0. The normalized spacial score (nSPS) is 11.4. The number of hydrogen-bond acceptors (Lipinski definition) is 2. The average Bonchev–Trinajstić information content (AvgIpc) is 2.42. The quantitative estimate of drug-likeness (QED) is 0.354. The van der Waals surface area contributed by atoms with Gasteiger partial charge in [0, 0.05) is 11.9 Å². The molecule has 0 atom stereocenters. The Morgan fingerprint density at radius 3 is 1.90 bits per heavy atom. The van der Waals surface area contributed by atoms with Gasteiger partial charge >= 0.3 is 0 Å². The number of aryl methyl sites for hydroxylation is 2. The van der Waals surface area contributed by atoms with Gasteiger partial charge in [0.1, 0.15) is 0 Å². The summed E-state index contributed by atoms with van der Waals surface area (Å²) in [6, 6.07) is 3.26. The number of hydrogen-bond donors (Lipinski definition) is 0. The number of halogens is 5. The van der Waals surface area contributed by atoms with Crippen LogP contribution in [0, 0.1) is 42.9 Å². The van der Waals surface area contributed by atoms with Crippen molar-refractivity contribution >= 4 is 12.0 Å². The highest BCUT2D eigenvalue weighted by Crippen LogP contribution is 2.22. The molecular weight excluding hydrogens is 291 g/mol. The van der Waals surface area contributed by atoms with Crippen LogP contribution in [0.15, 0.2) is 17.1 Å². The Morgan fingerprint density at radius 2 is 1.38 bits per heavy atom. The highest BCUT2D eigenvalue weighted by Gasteiger charge is 2.24. The van der Waals surface area contributed by atoms with E-state index in [1.54, 1.807) is 19.9 Å². The lowest BCUT2D eigenvalue weighted by atomic mass is 10.2. The molecule has 0 aliphatic carbocycles. The minimum atomic E-state index is -2.20. The standard InChI is InChI=1S/C14H9F5N2/c1-6-3-7(2)21-9(4-6)20-5-8-10(15)12(17)14(19)13(18)11(8)16/h3-5H,1-2H3/b20-5+. The maximum absolute atomic E-state index is 13.4. The molecule has 0 amide bonds. The van der Waals surface area contributed by atoms with E-state index in [-0.39, 0.29) is 5.82 Å². The molecular formula is C14H9F5N2. The van der Waals surface area contributed by atoms with Crippen molar-refractivity contribution in [3.05, 3.63) is 58.0 Å². The van der Waals surface area contributed by atoms with Crippen LogP contribution in [0.1, 0.15) is 16.8 Å². The lowest BCUT2D eigenvalue weighted by Gasteiger charge is -2.04. The molecule has 7 heteroatoms. The molecule has 0 unspecified atom stereocenters. The van der Waals surface area contributed by atoms with Crippen molar-refractivity contribution in [3.8, 4) is 0 Å². The Hall–Kier alpha value is -2.31. The van der Waals surface area contributed by atoms with E-state index in [0.717, 1.165) is 5.56 Å². The molecule has 0 bridgehead atoms. The molecule has 0 N–H and O–H groups in total. The molecule has 0 radical (unpaired) electrons. The van der Waals surface area contributed by atoms with Crippen LogP contribution in [-0.2, 0) is 0 Å². The van der Waals surface area contributed by atoms with Gasteiger partial charge in [-0.3, -0.25) is 0 Å². The van der Waals surface area contributed by atoms with Gasteiger partial charge in [0.2, 0.25) is 5.82 Å². The molecule has 0 saturated heterocycles. The predicted molar refractivity (Wildman–Crippen MR) is 67.2 cm³/mol. The maximum atomic E-state index is 13.4. The summed E-state index contributed by atoms with van der Waals surface area (Å²) in [6.07, 6.45) is 0.567. The van der Waals surface area contributed by atoms with Crippen molar-refractivity contribution in [2.75, 3.05) is 0 Å². The zero-order chi connectivity index (χ0) is 15.7. The van der Waals surface area contributed by atoms with Gasteiger partial charge in [0.15, 0.2) is 29.1 Å². The van der Waals surface area contributed by atoms with E-state index < -0.39 is 34.6 Å². The van der Waals surface area contributed by atoms with Gasteiger partial charge in [-0.15, -0.1) is 0 Å².